The van der Waals surface area contributed by atoms with Crippen LogP contribution in [0.4, 0.5) is 0 Å². The van der Waals surface area contributed by atoms with Gasteiger partial charge in [0.1, 0.15) is 10.5 Å². The molecule has 0 bridgehead atoms. The van der Waals surface area contributed by atoms with E-state index in [0.717, 1.165) is 123 Å². The molecule has 3 unspecified atom stereocenters. The lowest BCUT2D eigenvalue weighted by atomic mass is 9.87. The van der Waals surface area contributed by atoms with E-state index in [9.17, 15) is 38.1 Å². The first-order chi connectivity index (χ1) is 38.7. The third kappa shape index (κ3) is 27.5. The van der Waals surface area contributed by atoms with Crippen LogP contribution >= 0.6 is 58.3 Å². The van der Waals surface area contributed by atoms with Crippen LogP contribution in [0.25, 0.3) is 0 Å². The third-order valence-corrected chi connectivity index (χ3v) is 19.5. The van der Waals surface area contributed by atoms with Crippen LogP contribution in [0, 0.1) is 6.92 Å². The van der Waals surface area contributed by atoms with Gasteiger partial charge in [0.05, 0.1) is 4.90 Å². The van der Waals surface area contributed by atoms with Gasteiger partial charge in [-0.25, -0.2) is 8.42 Å². The second-order valence-corrected chi connectivity index (χ2v) is 27.5. The molecule has 3 atom stereocenters. The van der Waals surface area contributed by atoms with E-state index in [4.69, 9.17) is 34.8 Å². The van der Waals surface area contributed by atoms with Gasteiger partial charge in [-0.1, -0.05) is 210 Å². The Bertz CT molecular complexity index is 2860. The monoisotopic (exact) mass is 1220 g/mol. The van der Waals surface area contributed by atoms with Gasteiger partial charge in [-0.3, -0.25) is 14.4 Å². The van der Waals surface area contributed by atoms with Gasteiger partial charge in [-0.05, 0) is 170 Å². The molecule has 0 fully saturated rings. The van der Waals surface area contributed by atoms with Crippen molar-refractivity contribution in [1.82, 2.24) is 0 Å². The van der Waals surface area contributed by atoms with E-state index in [2.05, 4.69) is 69.3 Å². The Morgan fingerprint density at radius 1 is 0.457 bits per heavy atom. The normalized spacial score (nSPS) is 12.5. The van der Waals surface area contributed by atoms with Gasteiger partial charge in [0, 0.05) is 20.0 Å². The van der Waals surface area contributed by atoms with Crippen molar-refractivity contribution in [2.75, 3.05) is 5.75 Å². The van der Waals surface area contributed by atoms with Crippen molar-refractivity contribution < 1.29 is 38.1 Å². The number of thioether (sulfide) groups is 2. The highest BCUT2D eigenvalue weighted by Gasteiger charge is 2.34. The van der Waals surface area contributed by atoms with E-state index < -0.39 is 33.0 Å². The molecule has 0 radical (unpaired) electrons. The van der Waals surface area contributed by atoms with Crippen LogP contribution in [0.1, 0.15) is 150 Å². The third-order valence-electron chi connectivity index (χ3n) is 13.9. The van der Waals surface area contributed by atoms with Crippen LogP contribution in [-0.4, -0.2) is 63.1 Å². The van der Waals surface area contributed by atoms with Crippen LogP contribution in [0.15, 0.2) is 161 Å². The van der Waals surface area contributed by atoms with Gasteiger partial charge in [0.2, 0.25) is 0 Å². The van der Waals surface area contributed by atoms with Gasteiger partial charge in [0.25, 0.3) is 0 Å². The molecule has 6 aromatic rings. The first-order valence-corrected chi connectivity index (χ1v) is 33.0. The molecule has 0 aliphatic heterocycles. The molecule has 0 aliphatic rings. The number of sulfone groups is 1. The first-order valence-electron chi connectivity index (χ1n) is 28.4. The second-order valence-electron chi connectivity index (χ2n) is 21.5. The number of hydrogen-bond acceptors (Lipinski definition) is 7. The smallest absolute Gasteiger partial charge is 0.322 e. The number of hydrogen-bond donors (Lipinski definition) is 3. The van der Waals surface area contributed by atoms with E-state index in [1.807, 2.05) is 78.9 Å². The zero-order valence-corrected chi connectivity index (χ0v) is 52.3. The minimum atomic E-state index is -3.88. The molecule has 81 heavy (non-hydrogen) atoms. The van der Waals surface area contributed by atoms with Gasteiger partial charge < -0.3 is 15.3 Å². The van der Waals surface area contributed by atoms with Gasteiger partial charge >= 0.3 is 17.9 Å². The molecule has 0 aliphatic carbocycles. The van der Waals surface area contributed by atoms with Crippen molar-refractivity contribution >= 4 is 86.1 Å². The number of aryl methyl sites for hydroxylation is 5. The Balaban J connectivity index is 0.000000262. The molecule has 0 saturated carbocycles. The van der Waals surface area contributed by atoms with Crippen LogP contribution in [-0.2, 0) is 55.3 Å². The summed E-state index contributed by atoms with van der Waals surface area (Å²) in [6, 6.07) is 48.8. The Morgan fingerprint density at radius 3 is 1.27 bits per heavy atom. The van der Waals surface area contributed by atoms with E-state index >= 15 is 0 Å². The minimum absolute atomic E-state index is 0.111. The maximum absolute atomic E-state index is 12.7. The van der Waals surface area contributed by atoms with Crippen LogP contribution in [0.3, 0.4) is 0 Å². The Labute approximate surface area is 507 Å². The molecule has 438 valence electrons. The number of carboxylic acids is 3. The number of benzene rings is 6. The summed E-state index contributed by atoms with van der Waals surface area (Å²) >= 11 is 20.7. The SMILES string of the molecule is CC(C)(C)c1ccc(SC(CCCCCCc2ccc(Cl)cc2)C(=O)O)cc1.Cc1ccccc1S(=O)(=O)C(CCCCCCc1ccc(Cl)cc1)C(=O)O.O=C(O)C(CCCCCCc1ccc(Cl)cc1)SCCc1ccccc1. The molecule has 8 nitrogen and oxygen atoms in total. The highest BCUT2D eigenvalue weighted by Crippen LogP contribution is 2.31. The summed E-state index contributed by atoms with van der Waals surface area (Å²) in [6.07, 6.45) is 17.5. The lowest BCUT2D eigenvalue weighted by Crippen LogP contribution is -2.30. The average molecular weight is 1220 g/mol. The Kier molecular flexibility index (Phi) is 31.8. The average Bonchev–Trinajstić information content (AvgIpc) is 3.49. The highest BCUT2D eigenvalue weighted by atomic mass is 35.5. The Hall–Kier alpha value is -4.75. The number of carbonyl (C=O) groups is 3. The summed E-state index contributed by atoms with van der Waals surface area (Å²) < 4.78 is 25.5. The largest absolute Gasteiger partial charge is 0.480 e. The maximum Gasteiger partial charge on any atom is 0.322 e. The van der Waals surface area contributed by atoms with Crippen LogP contribution < -0.4 is 0 Å². The standard InChI is InChI=1S/C24H31ClO2S.C22H27ClO2S.C21H25ClO4S/c1-24(2,3)19-12-16-21(17-13-19)28-22(23(26)27)9-7-5-4-6-8-18-10-14-20(25)15-11-18;23-20-14-12-19(13-15-20)10-4-1-2-7-11-21(22(24)25)26-17-16-18-8-5-3-6-9-18;1-16-8-6-7-10-19(16)27(25,26)20(21(23)24)11-5-3-2-4-9-17-12-14-18(22)15-13-17/h10-17,22H,4-9H2,1-3H3,(H,26,27);3,5-6,8-9,12-15,21H,1-2,4,7,10-11,16-17H2,(H,24,25);6-8,10,12-15,20H,2-5,9,11H2,1H3,(H,23,24). The molecule has 0 spiro atoms. The molecule has 0 amide bonds. The second kappa shape index (κ2) is 37.5. The quantitative estimate of drug-likeness (QED) is 0.0276. The van der Waals surface area contributed by atoms with Gasteiger partial charge in [-0.2, -0.15) is 0 Å². The van der Waals surface area contributed by atoms with Crippen LogP contribution in [0.2, 0.25) is 15.1 Å². The molecule has 3 N–H and O–H groups in total. The molecular formula is C67H83Cl3O8S3. The zero-order valence-electron chi connectivity index (χ0n) is 47.5. The summed E-state index contributed by atoms with van der Waals surface area (Å²) in [4.78, 5) is 35.8. The molecule has 0 saturated heterocycles. The summed E-state index contributed by atoms with van der Waals surface area (Å²) in [6.45, 7) is 8.23. The number of halogens is 3. The minimum Gasteiger partial charge on any atom is -0.480 e. The lowest BCUT2D eigenvalue weighted by molar-refractivity contribution is -0.137. The number of carboxylic acid groups (broad SMARTS) is 3. The fraction of sp³-hybridized carbons (Fsp3) is 0.418. The molecule has 0 heterocycles. The molecule has 6 aromatic carbocycles. The van der Waals surface area contributed by atoms with Gasteiger partial charge in [-0.15, -0.1) is 23.5 Å². The topological polar surface area (TPSA) is 146 Å². The fourth-order valence-electron chi connectivity index (χ4n) is 9.10. The molecule has 14 heteroatoms. The van der Waals surface area contributed by atoms with Gasteiger partial charge in [0.15, 0.2) is 15.1 Å². The van der Waals surface area contributed by atoms with Crippen molar-refractivity contribution in [3.8, 4) is 0 Å². The van der Waals surface area contributed by atoms with Crippen LogP contribution in [0.5, 0.6) is 0 Å². The van der Waals surface area contributed by atoms with E-state index in [-0.39, 0.29) is 27.2 Å². The summed E-state index contributed by atoms with van der Waals surface area (Å²) in [5.74, 6) is -1.81. The first kappa shape index (κ1) is 68.7. The Morgan fingerprint density at radius 2 is 0.852 bits per heavy atom. The molecule has 6 rings (SSSR count). The van der Waals surface area contributed by atoms with E-state index in [1.165, 1.54) is 45.6 Å². The van der Waals surface area contributed by atoms with Crippen molar-refractivity contribution in [3.63, 3.8) is 0 Å². The molecule has 0 aromatic heterocycles. The highest BCUT2D eigenvalue weighted by molar-refractivity contribution is 8.00. The number of unbranched alkanes of at least 4 members (excludes halogenated alkanes) is 9. The predicted molar refractivity (Wildman–Crippen MR) is 341 cm³/mol. The van der Waals surface area contributed by atoms with Crippen molar-refractivity contribution in [2.45, 2.75) is 181 Å². The zero-order chi connectivity index (χ0) is 59.0. The van der Waals surface area contributed by atoms with Crippen molar-refractivity contribution in [3.05, 3.63) is 200 Å². The van der Waals surface area contributed by atoms with Crippen molar-refractivity contribution in [2.24, 2.45) is 0 Å². The predicted octanol–water partition coefficient (Wildman–Crippen LogP) is 18.7. The van der Waals surface area contributed by atoms with E-state index in [1.54, 1.807) is 36.9 Å². The number of rotatable bonds is 32. The maximum atomic E-state index is 12.7. The number of aliphatic carboxylic acids is 3. The lowest BCUT2D eigenvalue weighted by Gasteiger charge is -2.19. The van der Waals surface area contributed by atoms with E-state index in [0.29, 0.717) is 23.4 Å². The fourth-order valence-corrected chi connectivity index (χ4v) is 13.4. The molecular weight excluding hydrogens is 1140 g/mol. The summed E-state index contributed by atoms with van der Waals surface area (Å²) in [5, 5.41) is 28.6. The summed E-state index contributed by atoms with van der Waals surface area (Å²) in [5.41, 5.74) is 7.06. The summed E-state index contributed by atoms with van der Waals surface area (Å²) in [7, 11) is -3.88. The van der Waals surface area contributed by atoms with Crippen molar-refractivity contribution in [1.29, 1.82) is 0 Å².